The van der Waals surface area contributed by atoms with E-state index < -0.39 is 0 Å². The summed E-state index contributed by atoms with van der Waals surface area (Å²) in [5.74, 6) is 1.51. The van der Waals surface area contributed by atoms with Gasteiger partial charge in [0.1, 0.15) is 11.5 Å². The molecule has 3 heteroatoms. The maximum absolute atomic E-state index is 5.56. The van der Waals surface area contributed by atoms with Gasteiger partial charge in [-0.3, -0.25) is 0 Å². The minimum Gasteiger partial charge on any atom is -0.497 e. The molecule has 0 saturated heterocycles. The van der Waals surface area contributed by atoms with Crippen LogP contribution in [0.2, 0.25) is 0 Å². The molecule has 0 aliphatic rings. The number of methoxy groups -OCH3 is 1. The third-order valence-electron chi connectivity index (χ3n) is 2.19. The maximum Gasteiger partial charge on any atom is 0.137 e. The van der Waals surface area contributed by atoms with Gasteiger partial charge in [-0.2, -0.15) is 0 Å². The fourth-order valence-electron chi connectivity index (χ4n) is 1.39. The molecule has 0 bridgehead atoms. The first-order valence-electron chi connectivity index (χ1n) is 4.77. The summed E-state index contributed by atoms with van der Waals surface area (Å²) in [5, 5.41) is 0. The van der Waals surface area contributed by atoms with Gasteiger partial charge >= 0.3 is 0 Å². The van der Waals surface area contributed by atoms with Gasteiger partial charge in [0.25, 0.3) is 0 Å². The van der Waals surface area contributed by atoms with E-state index in [1.807, 2.05) is 26.0 Å². The predicted molar refractivity (Wildman–Crippen MR) is 66.1 cm³/mol. The highest BCUT2D eigenvalue weighted by molar-refractivity contribution is 9.10. The average Bonchev–Trinajstić information content (AvgIpc) is 2.23. The molecule has 0 saturated carbocycles. The lowest BCUT2D eigenvalue weighted by atomic mass is 10.1. The first-order valence-corrected chi connectivity index (χ1v) is 5.56. The Morgan fingerprint density at radius 2 is 2.13 bits per heavy atom. The fourth-order valence-corrected chi connectivity index (χ4v) is 1.94. The van der Waals surface area contributed by atoms with E-state index in [2.05, 4.69) is 22.5 Å². The Labute approximate surface area is 99.0 Å². The van der Waals surface area contributed by atoms with Crippen molar-refractivity contribution in [2.24, 2.45) is 0 Å². The quantitative estimate of drug-likeness (QED) is 0.776. The second kappa shape index (κ2) is 5.21. The number of hydrogen-bond donors (Lipinski definition) is 0. The molecule has 0 atom stereocenters. The molecule has 0 aromatic heterocycles. The van der Waals surface area contributed by atoms with E-state index in [1.165, 1.54) is 0 Å². The molecule has 1 rings (SSSR count). The average molecular weight is 271 g/mol. The van der Waals surface area contributed by atoms with Gasteiger partial charge in [0.05, 0.1) is 18.2 Å². The SMILES string of the molecule is C=C(OC)c1ccc(Br)c(OCC)c1C. The van der Waals surface area contributed by atoms with Crippen LogP contribution in [0.4, 0.5) is 0 Å². The van der Waals surface area contributed by atoms with E-state index in [4.69, 9.17) is 9.47 Å². The van der Waals surface area contributed by atoms with Crippen molar-refractivity contribution in [1.82, 2.24) is 0 Å². The van der Waals surface area contributed by atoms with Gasteiger partial charge in [-0.25, -0.2) is 0 Å². The van der Waals surface area contributed by atoms with Crippen molar-refractivity contribution in [2.75, 3.05) is 13.7 Å². The summed E-state index contributed by atoms with van der Waals surface area (Å²) in [6, 6.07) is 3.91. The Balaban J connectivity index is 3.21. The van der Waals surface area contributed by atoms with E-state index in [0.717, 1.165) is 21.3 Å². The monoisotopic (exact) mass is 270 g/mol. The van der Waals surface area contributed by atoms with Crippen molar-refractivity contribution in [1.29, 1.82) is 0 Å². The van der Waals surface area contributed by atoms with Gasteiger partial charge in [0.15, 0.2) is 0 Å². The van der Waals surface area contributed by atoms with Crippen LogP contribution in [-0.2, 0) is 4.74 Å². The van der Waals surface area contributed by atoms with Gasteiger partial charge in [-0.05, 0) is 41.9 Å². The van der Waals surface area contributed by atoms with Crippen LogP contribution < -0.4 is 4.74 Å². The van der Waals surface area contributed by atoms with Crippen LogP contribution in [0.5, 0.6) is 5.75 Å². The van der Waals surface area contributed by atoms with Gasteiger partial charge < -0.3 is 9.47 Å². The van der Waals surface area contributed by atoms with E-state index >= 15 is 0 Å². The molecule has 0 N–H and O–H groups in total. The Morgan fingerprint density at radius 3 is 2.67 bits per heavy atom. The summed E-state index contributed by atoms with van der Waals surface area (Å²) in [6.07, 6.45) is 0. The highest BCUT2D eigenvalue weighted by atomic mass is 79.9. The lowest BCUT2D eigenvalue weighted by Crippen LogP contribution is -1.98. The molecule has 15 heavy (non-hydrogen) atoms. The number of rotatable bonds is 4. The predicted octanol–water partition coefficient (Wildman–Crippen LogP) is 3.77. The largest absolute Gasteiger partial charge is 0.497 e. The number of hydrogen-bond acceptors (Lipinski definition) is 2. The van der Waals surface area contributed by atoms with Crippen LogP contribution in [0.25, 0.3) is 5.76 Å². The van der Waals surface area contributed by atoms with Crippen molar-refractivity contribution in [3.05, 3.63) is 34.3 Å². The van der Waals surface area contributed by atoms with Crippen LogP contribution >= 0.6 is 15.9 Å². The number of halogens is 1. The Morgan fingerprint density at radius 1 is 1.47 bits per heavy atom. The molecular weight excluding hydrogens is 256 g/mol. The highest BCUT2D eigenvalue weighted by Crippen LogP contribution is 2.33. The lowest BCUT2D eigenvalue weighted by Gasteiger charge is -2.14. The summed E-state index contributed by atoms with van der Waals surface area (Å²) in [6.45, 7) is 8.44. The molecule has 0 fully saturated rings. The minimum absolute atomic E-state index is 0.641. The highest BCUT2D eigenvalue weighted by Gasteiger charge is 2.11. The summed E-state index contributed by atoms with van der Waals surface area (Å²) < 4.78 is 11.6. The molecule has 82 valence electrons. The molecule has 0 spiro atoms. The van der Waals surface area contributed by atoms with Gasteiger partial charge in [0, 0.05) is 11.1 Å². The third kappa shape index (κ3) is 2.53. The standard InChI is InChI=1S/C12H15BrO2/c1-5-15-12-8(2)10(9(3)14-4)6-7-11(12)13/h6-7H,3,5H2,1-2,4H3. The zero-order chi connectivity index (χ0) is 11.4. The van der Waals surface area contributed by atoms with Crippen molar-refractivity contribution >= 4 is 21.7 Å². The Bertz CT molecular complexity index is 372. The van der Waals surface area contributed by atoms with Crippen LogP contribution in [0.15, 0.2) is 23.2 Å². The summed E-state index contributed by atoms with van der Waals surface area (Å²) >= 11 is 3.46. The van der Waals surface area contributed by atoms with Crippen molar-refractivity contribution < 1.29 is 9.47 Å². The molecular formula is C12H15BrO2. The van der Waals surface area contributed by atoms with E-state index in [-0.39, 0.29) is 0 Å². The molecule has 0 radical (unpaired) electrons. The molecule has 2 nitrogen and oxygen atoms in total. The van der Waals surface area contributed by atoms with Crippen molar-refractivity contribution in [3.63, 3.8) is 0 Å². The third-order valence-corrected chi connectivity index (χ3v) is 2.82. The number of ether oxygens (including phenoxy) is 2. The molecule has 0 aliphatic heterocycles. The number of benzene rings is 1. The minimum atomic E-state index is 0.641. The van der Waals surface area contributed by atoms with E-state index in [1.54, 1.807) is 7.11 Å². The molecule has 1 aromatic rings. The van der Waals surface area contributed by atoms with Crippen LogP contribution in [0, 0.1) is 6.92 Å². The normalized spacial score (nSPS) is 9.87. The summed E-state index contributed by atoms with van der Waals surface area (Å²) in [4.78, 5) is 0. The Kier molecular flexibility index (Phi) is 4.21. The summed E-state index contributed by atoms with van der Waals surface area (Å²) in [7, 11) is 1.62. The lowest BCUT2D eigenvalue weighted by molar-refractivity contribution is 0.334. The van der Waals surface area contributed by atoms with Gasteiger partial charge in [-0.1, -0.05) is 6.58 Å². The fraction of sp³-hybridized carbons (Fsp3) is 0.333. The zero-order valence-corrected chi connectivity index (χ0v) is 10.8. The smallest absolute Gasteiger partial charge is 0.137 e. The van der Waals surface area contributed by atoms with E-state index in [0.29, 0.717) is 12.4 Å². The topological polar surface area (TPSA) is 18.5 Å². The molecule has 0 heterocycles. The van der Waals surface area contributed by atoms with Crippen LogP contribution in [0.1, 0.15) is 18.1 Å². The van der Waals surface area contributed by atoms with Crippen LogP contribution in [-0.4, -0.2) is 13.7 Å². The second-order valence-electron chi connectivity index (χ2n) is 3.11. The molecule has 0 unspecified atom stereocenters. The van der Waals surface area contributed by atoms with Gasteiger partial charge in [0.2, 0.25) is 0 Å². The Hall–Kier alpha value is -0.960. The second-order valence-corrected chi connectivity index (χ2v) is 3.96. The van der Waals surface area contributed by atoms with E-state index in [9.17, 15) is 0 Å². The first kappa shape index (κ1) is 12.1. The first-order chi connectivity index (χ1) is 7.11. The maximum atomic E-state index is 5.56. The molecule has 1 aromatic carbocycles. The molecule has 0 aliphatic carbocycles. The summed E-state index contributed by atoms with van der Waals surface area (Å²) in [5.41, 5.74) is 2.02. The zero-order valence-electron chi connectivity index (χ0n) is 9.26. The molecule has 0 amide bonds. The van der Waals surface area contributed by atoms with Crippen molar-refractivity contribution in [3.8, 4) is 5.75 Å². The van der Waals surface area contributed by atoms with Crippen molar-refractivity contribution in [2.45, 2.75) is 13.8 Å². The van der Waals surface area contributed by atoms with Gasteiger partial charge in [-0.15, -0.1) is 0 Å². The van der Waals surface area contributed by atoms with Crippen LogP contribution in [0.3, 0.4) is 0 Å².